The molecule has 1 aromatic rings. The quantitative estimate of drug-likeness (QED) is 0.598. The van der Waals surface area contributed by atoms with Crippen molar-refractivity contribution >= 4 is 11.9 Å². The Morgan fingerprint density at radius 2 is 2.09 bits per heavy atom. The number of rotatable bonds is 6. The molecule has 1 aliphatic rings. The maximum Gasteiger partial charge on any atom is 0.305 e. The number of amides is 1. The van der Waals surface area contributed by atoms with Gasteiger partial charge in [0.25, 0.3) is 5.91 Å². The third-order valence-electron chi connectivity index (χ3n) is 4.44. The number of esters is 1. The Hall–Kier alpha value is -2.10. The van der Waals surface area contributed by atoms with Gasteiger partial charge < -0.3 is 9.64 Å². The highest BCUT2D eigenvalue weighted by molar-refractivity contribution is 5.94. The lowest BCUT2D eigenvalue weighted by Gasteiger charge is -2.37. The van der Waals surface area contributed by atoms with Crippen molar-refractivity contribution in [3.05, 3.63) is 48.6 Å². The van der Waals surface area contributed by atoms with Gasteiger partial charge in [0.05, 0.1) is 6.61 Å². The predicted molar refractivity (Wildman–Crippen MR) is 90.0 cm³/mol. The second-order valence-electron chi connectivity index (χ2n) is 5.91. The van der Waals surface area contributed by atoms with Crippen LogP contribution in [-0.2, 0) is 9.53 Å². The van der Waals surface area contributed by atoms with Crippen molar-refractivity contribution in [2.24, 2.45) is 11.8 Å². The number of nitrogens with zero attached hydrogens (tertiary/aromatic N) is 1. The number of piperidine rings is 1. The second kappa shape index (κ2) is 8.51. The normalized spacial score (nSPS) is 20.8. The number of hydrogen-bond donors (Lipinski definition) is 0. The van der Waals surface area contributed by atoms with E-state index >= 15 is 0 Å². The zero-order valence-electron chi connectivity index (χ0n) is 13.7. The Kier molecular flexibility index (Phi) is 6.39. The SMILES string of the molecule is C=C[C@@H]1CN(C(=O)c2ccccc2)CC[C@@H]1CCC(=O)OCC. The second-order valence-corrected chi connectivity index (χ2v) is 5.91. The number of hydrogen-bond acceptors (Lipinski definition) is 3. The van der Waals surface area contributed by atoms with Crippen molar-refractivity contribution in [3.63, 3.8) is 0 Å². The Morgan fingerprint density at radius 3 is 2.74 bits per heavy atom. The van der Waals surface area contributed by atoms with Gasteiger partial charge in [-0.15, -0.1) is 6.58 Å². The van der Waals surface area contributed by atoms with Crippen LogP contribution in [0.2, 0.25) is 0 Å². The first kappa shape index (κ1) is 17.3. The molecule has 0 unspecified atom stereocenters. The topological polar surface area (TPSA) is 46.6 Å². The molecular weight excluding hydrogens is 290 g/mol. The van der Waals surface area contributed by atoms with Crippen LogP contribution < -0.4 is 0 Å². The maximum atomic E-state index is 12.5. The molecule has 0 spiro atoms. The predicted octanol–water partition coefficient (Wildman–Crippen LogP) is 3.29. The van der Waals surface area contributed by atoms with Gasteiger partial charge in [-0.3, -0.25) is 9.59 Å². The van der Waals surface area contributed by atoms with E-state index in [1.165, 1.54) is 0 Å². The van der Waals surface area contributed by atoms with E-state index in [9.17, 15) is 9.59 Å². The van der Waals surface area contributed by atoms with Crippen LogP contribution in [0.4, 0.5) is 0 Å². The third kappa shape index (κ3) is 4.68. The lowest BCUT2D eigenvalue weighted by molar-refractivity contribution is -0.143. The van der Waals surface area contributed by atoms with Crippen LogP contribution in [0, 0.1) is 11.8 Å². The number of carbonyl (C=O) groups excluding carboxylic acids is 2. The van der Waals surface area contributed by atoms with E-state index in [0.717, 1.165) is 24.9 Å². The minimum atomic E-state index is -0.141. The molecule has 1 amide bonds. The first-order chi connectivity index (χ1) is 11.2. The molecule has 0 saturated carbocycles. The summed E-state index contributed by atoms with van der Waals surface area (Å²) >= 11 is 0. The molecule has 2 rings (SSSR count). The summed E-state index contributed by atoms with van der Waals surface area (Å²) in [5, 5.41) is 0. The number of carbonyl (C=O) groups is 2. The first-order valence-electron chi connectivity index (χ1n) is 8.28. The molecule has 23 heavy (non-hydrogen) atoms. The van der Waals surface area contributed by atoms with Crippen LogP contribution in [0.15, 0.2) is 43.0 Å². The zero-order valence-corrected chi connectivity index (χ0v) is 13.7. The van der Waals surface area contributed by atoms with Crippen LogP contribution >= 0.6 is 0 Å². The summed E-state index contributed by atoms with van der Waals surface area (Å²) in [5.74, 6) is 0.543. The molecule has 4 heteroatoms. The fraction of sp³-hybridized carbons (Fsp3) is 0.474. The number of ether oxygens (including phenoxy) is 1. The first-order valence-corrected chi connectivity index (χ1v) is 8.28. The lowest BCUT2D eigenvalue weighted by Crippen LogP contribution is -2.43. The molecule has 0 aliphatic carbocycles. The van der Waals surface area contributed by atoms with Gasteiger partial charge in [0.2, 0.25) is 0 Å². The Bertz CT molecular complexity index is 541. The fourth-order valence-electron chi connectivity index (χ4n) is 3.14. The van der Waals surface area contributed by atoms with E-state index < -0.39 is 0 Å². The van der Waals surface area contributed by atoms with Crippen LogP contribution in [0.25, 0.3) is 0 Å². The molecule has 124 valence electrons. The average molecular weight is 315 g/mol. The molecule has 1 aromatic carbocycles. The number of benzene rings is 1. The molecule has 0 N–H and O–H groups in total. The molecule has 1 saturated heterocycles. The van der Waals surface area contributed by atoms with Gasteiger partial charge in [0, 0.05) is 25.1 Å². The van der Waals surface area contributed by atoms with Gasteiger partial charge in [-0.25, -0.2) is 0 Å². The van der Waals surface area contributed by atoms with Crippen LogP contribution in [0.3, 0.4) is 0 Å². The highest BCUT2D eigenvalue weighted by Gasteiger charge is 2.30. The minimum absolute atomic E-state index is 0.0706. The maximum absolute atomic E-state index is 12.5. The molecule has 1 fully saturated rings. The standard InChI is InChI=1S/C19H25NO3/c1-3-15-14-20(19(22)17-8-6-5-7-9-17)13-12-16(15)10-11-18(21)23-4-2/h3,5-9,15-16H,1,4,10-14H2,2H3/t15-,16+/m1/s1. The average Bonchev–Trinajstić information content (AvgIpc) is 2.60. The minimum Gasteiger partial charge on any atom is -0.466 e. The third-order valence-corrected chi connectivity index (χ3v) is 4.44. The monoisotopic (exact) mass is 315 g/mol. The van der Waals surface area contributed by atoms with Crippen molar-refractivity contribution in [1.29, 1.82) is 0 Å². The van der Waals surface area contributed by atoms with Crippen molar-refractivity contribution in [3.8, 4) is 0 Å². The zero-order chi connectivity index (χ0) is 16.7. The molecule has 0 aromatic heterocycles. The highest BCUT2D eigenvalue weighted by Crippen LogP contribution is 2.29. The van der Waals surface area contributed by atoms with Gasteiger partial charge in [-0.2, -0.15) is 0 Å². The van der Waals surface area contributed by atoms with Gasteiger partial charge in [0.15, 0.2) is 0 Å². The van der Waals surface area contributed by atoms with Gasteiger partial charge >= 0.3 is 5.97 Å². The highest BCUT2D eigenvalue weighted by atomic mass is 16.5. The van der Waals surface area contributed by atoms with Crippen molar-refractivity contribution in [1.82, 2.24) is 4.90 Å². The van der Waals surface area contributed by atoms with E-state index in [0.29, 0.717) is 25.5 Å². The summed E-state index contributed by atoms with van der Waals surface area (Å²) in [6.45, 7) is 7.55. The van der Waals surface area contributed by atoms with Gasteiger partial charge in [-0.05, 0) is 43.7 Å². The van der Waals surface area contributed by atoms with E-state index in [1.807, 2.05) is 48.2 Å². The summed E-state index contributed by atoms with van der Waals surface area (Å²) in [7, 11) is 0. The Labute approximate surface area is 138 Å². The molecule has 0 bridgehead atoms. The summed E-state index contributed by atoms with van der Waals surface area (Å²) in [5.41, 5.74) is 0.722. The van der Waals surface area contributed by atoms with Gasteiger partial charge in [0.1, 0.15) is 0 Å². The van der Waals surface area contributed by atoms with Crippen molar-refractivity contribution < 1.29 is 14.3 Å². The van der Waals surface area contributed by atoms with E-state index in [2.05, 4.69) is 6.58 Å². The summed E-state index contributed by atoms with van der Waals surface area (Å²) in [6.07, 6.45) is 4.05. The Balaban J connectivity index is 1.92. The smallest absolute Gasteiger partial charge is 0.305 e. The molecule has 2 atom stereocenters. The van der Waals surface area contributed by atoms with Crippen LogP contribution in [-0.4, -0.2) is 36.5 Å². The molecule has 1 aliphatic heterocycles. The summed E-state index contributed by atoms with van der Waals surface area (Å²) < 4.78 is 4.99. The van der Waals surface area contributed by atoms with Crippen LogP contribution in [0.5, 0.6) is 0 Å². The summed E-state index contributed by atoms with van der Waals surface area (Å²) in [6, 6.07) is 9.36. The van der Waals surface area contributed by atoms with Crippen LogP contribution in [0.1, 0.15) is 36.5 Å². The van der Waals surface area contributed by atoms with E-state index in [-0.39, 0.29) is 17.8 Å². The van der Waals surface area contributed by atoms with Crippen molar-refractivity contribution in [2.45, 2.75) is 26.2 Å². The van der Waals surface area contributed by atoms with Crippen molar-refractivity contribution in [2.75, 3.05) is 19.7 Å². The fourth-order valence-corrected chi connectivity index (χ4v) is 3.14. The number of likely N-dealkylation sites (tertiary alicyclic amines) is 1. The molecule has 0 radical (unpaired) electrons. The van der Waals surface area contributed by atoms with Gasteiger partial charge in [-0.1, -0.05) is 24.3 Å². The van der Waals surface area contributed by atoms with E-state index in [4.69, 9.17) is 4.74 Å². The van der Waals surface area contributed by atoms with E-state index in [1.54, 1.807) is 0 Å². The molecular formula is C19H25NO3. The largest absolute Gasteiger partial charge is 0.466 e. The Morgan fingerprint density at radius 1 is 1.35 bits per heavy atom. The summed E-state index contributed by atoms with van der Waals surface area (Å²) in [4.78, 5) is 26.0. The lowest BCUT2D eigenvalue weighted by atomic mass is 9.82. The molecule has 1 heterocycles. The molecule has 4 nitrogen and oxygen atoms in total.